The third-order valence-corrected chi connectivity index (χ3v) is 8.55. The highest BCUT2D eigenvalue weighted by atomic mass is 19.1. The molecular weight excluding hydrogens is 433 g/mol. The summed E-state index contributed by atoms with van der Waals surface area (Å²) in [7, 11) is 0. The summed E-state index contributed by atoms with van der Waals surface area (Å²) in [6.45, 7) is 4.57. The molecule has 7 rings (SSSR count). The van der Waals surface area contributed by atoms with Gasteiger partial charge in [0.25, 0.3) is 0 Å². The van der Waals surface area contributed by atoms with E-state index in [1.807, 2.05) is 18.3 Å². The van der Waals surface area contributed by atoms with Crippen LogP contribution in [0.5, 0.6) is 0 Å². The molecule has 34 heavy (non-hydrogen) atoms. The zero-order valence-electron chi connectivity index (χ0n) is 19.2. The number of rotatable bonds is 4. The van der Waals surface area contributed by atoms with Gasteiger partial charge in [-0.15, -0.1) is 0 Å². The number of carbonyl (C=O) groups is 1. The van der Waals surface area contributed by atoms with Crippen LogP contribution in [0, 0.1) is 11.2 Å². The maximum Gasteiger partial charge on any atom is 0.246 e. The molecule has 2 spiro atoms. The van der Waals surface area contributed by atoms with E-state index in [4.69, 9.17) is 4.98 Å². The largest absolute Gasteiger partial charge is 0.368 e. The lowest BCUT2D eigenvalue weighted by Gasteiger charge is -2.57. The molecule has 4 fully saturated rings. The van der Waals surface area contributed by atoms with Crippen LogP contribution in [0.25, 0.3) is 0 Å². The van der Waals surface area contributed by atoms with Gasteiger partial charge in [-0.05, 0) is 37.5 Å². The van der Waals surface area contributed by atoms with Crippen LogP contribution in [0.1, 0.15) is 37.7 Å². The fraction of sp³-hybridized carbons (Fsp3) is 0.560. The summed E-state index contributed by atoms with van der Waals surface area (Å²) < 4.78 is 14.9. The van der Waals surface area contributed by atoms with E-state index in [9.17, 15) is 9.18 Å². The van der Waals surface area contributed by atoms with Gasteiger partial charge in [0.05, 0.1) is 5.69 Å². The van der Waals surface area contributed by atoms with E-state index in [-0.39, 0.29) is 11.7 Å². The lowest BCUT2D eigenvalue weighted by atomic mass is 9.74. The van der Waals surface area contributed by atoms with Crippen LogP contribution in [0.15, 0.2) is 24.4 Å². The van der Waals surface area contributed by atoms with Crippen molar-refractivity contribution in [2.45, 2.75) is 50.1 Å². The van der Waals surface area contributed by atoms with Crippen LogP contribution in [0.4, 0.5) is 27.5 Å². The van der Waals surface area contributed by atoms with Crippen molar-refractivity contribution < 1.29 is 9.18 Å². The molecule has 0 radical (unpaired) electrons. The number of hydrogen-bond acceptors (Lipinski definition) is 7. The van der Waals surface area contributed by atoms with Gasteiger partial charge < -0.3 is 25.8 Å². The summed E-state index contributed by atoms with van der Waals surface area (Å²) in [5.41, 5.74) is 2.11. The molecule has 1 aliphatic carbocycles. The van der Waals surface area contributed by atoms with Crippen molar-refractivity contribution in [1.82, 2.24) is 20.6 Å². The van der Waals surface area contributed by atoms with Crippen molar-refractivity contribution in [2.24, 2.45) is 5.41 Å². The van der Waals surface area contributed by atoms with Crippen molar-refractivity contribution in [3.05, 3.63) is 35.8 Å². The van der Waals surface area contributed by atoms with Crippen molar-refractivity contribution in [1.29, 1.82) is 0 Å². The Morgan fingerprint density at radius 3 is 2.68 bits per heavy atom. The number of fused-ring (bicyclic) bond motifs is 1. The highest BCUT2D eigenvalue weighted by Gasteiger charge is 2.55. The second-order valence-corrected chi connectivity index (χ2v) is 10.8. The number of amides is 1. The van der Waals surface area contributed by atoms with Gasteiger partial charge in [-0.2, -0.15) is 4.98 Å². The molecule has 4 aliphatic heterocycles. The normalized spacial score (nSPS) is 27.1. The van der Waals surface area contributed by atoms with Crippen molar-refractivity contribution in [3.8, 4) is 0 Å². The molecule has 9 heteroatoms. The van der Waals surface area contributed by atoms with E-state index in [0.717, 1.165) is 56.8 Å². The average Bonchev–Trinajstić information content (AvgIpc) is 3.47. The molecule has 5 aliphatic rings. The number of anilines is 4. The molecule has 8 nitrogen and oxygen atoms in total. The first-order valence-corrected chi connectivity index (χ1v) is 12.5. The Hall–Kier alpha value is -2.94. The quantitative estimate of drug-likeness (QED) is 0.642. The molecule has 3 N–H and O–H groups in total. The fourth-order valence-corrected chi connectivity index (χ4v) is 6.74. The molecule has 1 aromatic carbocycles. The number of nitrogens with zero attached hydrogens (tertiary/aromatic N) is 4. The zero-order chi connectivity index (χ0) is 22.9. The van der Waals surface area contributed by atoms with Gasteiger partial charge in [0.2, 0.25) is 11.9 Å². The molecule has 1 saturated carbocycles. The molecule has 3 saturated heterocycles. The highest BCUT2D eigenvalue weighted by molar-refractivity contribution is 5.94. The summed E-state index contributed by atoms with van der Waals surface area (Å²) >= 11 is 0. The first kappa shape index (κ1) is 20.4. The Bertz CT molecular complexity index is 1150. The predicted octanol–water partition coefficient (Wildman–Crippen LogP) is 2.33. The monoisotopic (exact) mass is 463 g/mol. The third-order valence-electron chi connectivity index (χ3n) is 8.55. The molecule has 1 aromatic heterocycles. The zero-order valence-corrected chi connectivity index (χ0v) is 19.2. The SMILES string of the molecule is O=C1NCCC12Cc1cnc(Nc3ccc(N4CC5(CNC5)C4)c(F)c3)nc1N2C1CCCC1. The Balaban J connectivity index is 1.14. The van der Waals surface area contributed by atoms with E-state index >= 15 is 0 Å². The van der Waals surface area contributed by atoms with Crippen LogP contribution < -0.4 is 25.8 Å². The highest BCUT2D eigenvalue weighted by Crippen LogP contribution is 2.46. The summed E-state index contributed by atoms with van der Waals surface area (Å²) in [5, 5.41) is 9.56. The molecule has 178 valence electrons. The number of benzene rings is 1. The summed E-state index contributed by atoms with van der Waals surface area (Å²) in [4.78, 5) is 26.7. The molecule has 5 heterocycles. The van der Waals surface area contributed by atoms with Crippen LogP contribution in [-0.2, 0) is 11.2 Å². The third kappa shape index (κ3) is 2.95. The molecule has 1 atom stereocenters. The van der Waals surface area contributed by atoms with Crippen LogP contribution >= 0.6 is 0 Å². The number of aromatic nitrogens is 2. The van der Waals surface area contributed by atoms with Gasteiger partial charge in [-0.3, -0.25) is 4.79 Å². The number of hydrogen-bond donors (Lipinski definition) is 3. The molecule has 1 amide bonds. The van der Waals surface area contributed by atoms with Crippen molar-refractivity contribution in [2.75, 3.05) is 47.8 Å². The van der Waals surface area contributed by atoms with Gasteiger partial charge in [0.1, 0.15) is 17.2 Å². The van der Waals surface area contributed by atoms with E-state index < -0.39 is 5.54 Å². The summed E-state index contributed by atoms with van der Waals surface area (Å²) in [6.07, 6.45) is 7.83. The minimum absolute atomic E-state index is 0.107. The molecule has 1 unspecified atom stereocenters. The van der Waals surface area contributed by atoms with Gasteiger partial charge in [-0.1, -0.05) is 12.8 Å². The van der Waals surface area contributed by atoms with Crippen molar-refractivity contribution in [3.63, 3.8) is 0 Å². The minimum Gasteiger partial charge on any atom is -0.368 e. The lowest BCUT2D eigenvalue weighted by molar-refractivity contribution is -0.123. The minimum atomic E-state index is -0.539. The fourth-order valence-electron chi connectivity index (χ4n) is 6.74. The first-order chi connectivity index (χ1) is 16.6. The van der Waals surface area contributed by atoms with Gasteiger partial charge in [0, 0.05) is 68.0 Å². The standard InChI is InChI=1S/C25H30FN7O/c26-19-9-17(5-6-20(19)32-14-24(15-32)12-27-13-24)30-23-29-11-16-10-25(7-8-28-22(25)34)33(21(16)31-23)18-3-1-2-4-18/h5-6,9,11,18,27H,1-4,7-8,10,12-15H2,(H,28,34)(H,29,30,31). The summed E-state index contributed by atoms with van der Waals surface area (Å²) in [5.74, 6) is 1.17. The van der Waals surface area contributed by atoms with E-state index in [2.05, 4.69) is 30.7 Å². The topological polar surface area (TPSA) is 85.4 Å². The van der Waals surface area contributed by atoms with E-state index in [0.29, 0.717) is 41.7 Å². The van der Waals surface area contributed by atoms with Crippen LogP contribution in [0.2, 0.25) is 0 Å². The smallest absolute Gasteiger partial charge is 0.246 e. The second kappa shape index (κ2) is 7.28. The van der Waals surface area contributed by atoms with Gasteiger partial charge in [-0.25, -0.2) is 9.37 Å². The molecule has 0 bridgehead atoms. The predicted molar refractivity (Wildman–Crippen MR) is 128 cm³/mol. The van der Waals surface area contributed by atoms with E-state index in [1.165, 1.54) is 18.9 Å². The average molecular weight is 464 g/mol. The van der Waals surface area contributed by atoms with E-state index in [1.54, 1.807) is 0 Å². The van der Waals surface area contributed by atoms with Gasteiger partial charge >= 0.3 is 0 Å². The number of nitrogens with one attached hydrogen (secondary N) is 3. The number of carbonyl (C=O) groups excluding carboxylic acids is 1. The van der Waals surface area contributed by atoms with Gasteiger partial charge in [0.15, 0.2) is 0 Å². The maximum absolute atomic E-state index is 14.9. The Morgan fingerprint density at radius 2 is 2.00 bits per heavy atom. The first-order valence-electron chi connectivity index (χ1n) is 12.5. The Morgan fingerprint density at radius 1 is 1.18 bits per heavy atom. The second-order valence-electron chi connectivity index (χ2n) is 10.8. The number of halogens is 1. The summed E-state index contributed by atoms with van der Waals surface area (Å²) in [6, 6.07) is 5.58. The van der Waals surface area contributed by atoms with Crippen LogP contribution in [0.3, 0.4) is 0 Å². The molecular formula is C25H30FN7O. The Kier molecular flexibility index (Phi) is 4.37. The Labute approximate surface area is 198 Å². The van der Waals surface area contributed by atoms with Crippen LogP contribution in [-0.4, -0.2) is 60.2 Å². The van der Waals surface area contributed by atoms with Crippen molar-refractivity contribution >= 4 is 29.0 Å². The maximum atomic E-state index is 14.9. The lowest BCUT2D eigenvalue weighted by Crippen LogP contribution is -2.71. The molecule has 2 aromatic rings.